The molecule has 0 saturated carbocycles. The van der Waals surface area contributed by atoms with E-state index in [9.17, 15) is 9.59 Å². The van der Waals surface area contributed by atoms with E-state index in [1.807, 2.05) is 0 Å². The first kappa shape index (κ1) is 18.6. The average molecular weight is 406 g/mol. The van der Waals surface area contributed by atoms with Crippen molar-refractivity contribution in [2.75, 3.05) is 19.1 Å². The first-order chi connectivity index (χ1) is 12.4. The summed E-state index contributed by atoms with van der Waals surface area (Å²) in [5, 5.41) is 2.33. The lowest BCUT2D eigenvalue weighted by Gasteiger charge is -2.18. The van der Waals surface area contributed by atoms with Crippen LogP contribution in [0.25, 0.3) is 6.08 Å². The number of thiazole rings is 1. The third-order valence-corrected chi connectivity index (χ3v) is 5.94. The van der Waals surface area contributed by atoms with Crippen LogP contribution in [0.3, 0.4) is 0 Å². The summed E-state index contributed by atoms with van der Waals surface area (Å²) in [6, 6.07) is 7.16. The summed E-state index contributed by atoms with van der Waals surface area (Å²) in [6.07, 6.45) is 1.69. The second kappa shape index (κ2) is 7.56. The number of anilines is 2. The Balaban J connectivity index is 1.90. The number of aromatic nitrogens is 1. The van der Waals surface area contributed by atoms with Gasteiger partial charge in [-0.25, -0.2) is 4.98 Å². The van der Waals surface area contributed by atoms with Gasteiger partial charge in [-0.2, -0.15) is 0 Å². The predicted molar refractivity (Wildman–Crippen MR) is 109 cm³/mol. The van der Waals surface area contributed by atoms with Crippen molar-refractivity contribution in [1.82, 2.24) is 9.88 Å². The first-order valence-electron chi connectivity index (χ1n) is 7.52. The fraction of sp³-hybridized carbons (Fsp3) is 0.176. The van der Waals surface area contributed by atoms with Crippen molar-refractivity contribution < 1.29 is 14.3 Å². The van der Waals surface area contributed by atoms with Crippen molar-refractivity contribution >= 4 is 68.3 Å². The SMILES string of the molecule is COc1ccc(N(C(C)=O)c2nc(C=C3SC(=S)N(C)C3=O)cs2)cc1. The molecule has 1 saturated heterocycles. The van der Waals surface area contributed by atoms with Gasteiger partial charge in [0, 0.05) is 19.4 Å². The van der Waals surface area contributed by atoms with Crippen LogP contribution in [0.2, 0.25) is 0 Å². The summed E-state index contributed by atoms with van der Waals surface area (Å²) >= 11 is 7.69. The number of ether oxygens (including phenoxy) is 1. The Labute approximate surface area is 164 Å². The summed E-state index contributed by atoms with van der Waals surface area (Å²) in [5.41, 5.74) is 1.30. The van der Waals surface area contributed by atoms with Crippen LogP contribution in [0, 0.1) is 0 Å². The molecule has 0 spiro atoms. The molecule has 2 heterocycles. The molecule has 0 atom stereocenters. The molecule has 2 aromatic rings. The van der Waals surface area contributed by atoms with Crippen molar-refractivity contribution in [3.8, 4) is 5.75 Å². The Bertz CT molecular complexity index is 905. The fourth-order valence-corrected chi connectivity index (χ4v) is 4.29. The van der Waals surface area contributed by atoms with E-state index in [1.165, 1.54) is 39.8 Å². The first-order valence-corrected chi connectivity index (χ1v) is 9.63. The number of thioether (sulfide) groups is 1. The summed E-state index contributed by atoms with van der Waals surface area (Å²) < 4.78 is 5.66. The molecular weight excluding hydrogens is 390 g/mol. The Hall–Kier alpha value is -2.23. The Morgan fingerprint density at radius 3 is 2.58 bits per heavy atom. The topological polar surface area (TPSA) is 62.7 Å². The zero-order valence-electron chi connectivity index (χ0n) is 14.3. The number of hydrogen-bond donors (Lipinski definition) is 0. The number of benzene rings is 1. The van der Waals surface area contributed by atoms with E-state index in [0.717, 1.165) is 0 Å². The molecule has 1 aliphatic rings. The van der Waals surface area contributed by atoms with Gasteiger partial charge in [-0.05, 0) is 30.3 Å². The van der Waals surface area contributed by atoms with E-state index in [4.69, 9.17) is 17.0 Å². The predicted octanol–water partition coefficient (Wildman–Crippen LogP) is 3.67. The number of thiocarbonyl (C=S) groups is 1. The maximum Gasteiger partial charge on any atom is 0.265 e. The second-order valence-corrected chi connectivity index (χ2v) is 7.86. The van der Waals surface area contributed by atoms with Gasteiger partial charge in [0.1, 0.15) is 10.1 Å². The maximum absolute atomic E-state index is 12.2. The standard InChI is InChI=1S/C17H15N3O3S3/c1-10(21)20(12-4-6-13(23-3)7-5-12)16-18-11(9-25-16)8-14-15(22)19(2)17(24)26-14/h4-9H,1-3H3. The number of amides is 2. The molecule has 1 fully saturated rings. The molecule has 2 amide bonds. The molecule has 1 aromatic heterocycles. The zero-order chi connectivity index (χ0) is 18.8. The van der Waals surface area contributed by atoms with Gasteiger partial charge in [0.2, 0.25) is 5.91 Å². The summed E-state index contributed by atoms with van der Waals surface area (Å²) in [4.78, 5) is 32.2. The van der Waals surface area contributed by atoms with Crippen molar-refractivity contribution in [3.05, 3.63) is 40.2 Å². The van der Waals surface area contributed by atoms with Crippen molar-refractivity contribution in [2.24, 2.45) is 0 Å². The highest BCUT2D eigenvalue weighted by Gasteiger charge is 2.29. The molecule has 0 N–H and O–H groups in total. The quantitative estimate of drug-likeness (QED) is 0.571. The van der Waals surface area contributed by atoms with Crippen LogP contribution in [0.1, 0.15) is 12.6 Å². The van der Waals surface area contributed by atoms with Crippen LogP contribution < -0.4 is 9.64 Å². The minimum absolute atomic E-state index is 0.145. The van der Waals surface area contributed by atoms with Crippen LogP contribution in [-0.2, 0) is 9.59 Å². The van der Waals surface area contributed by atoms with Gasteiger partial charge in [0.15, 0.2) is 5.13 Å². The van der Waals surface area contributed by atoms with Crippen LogP contribution in [0.5, 0.6) is 5.75 Å². The molecule has 0 unspecified atom stereocenters. The highest BCUT2D eigenvalue weighted by molar-refractivity contribution is 8.26. The van der Waals surface area contributed by atoms with Crippen molar-refractivity contribution in [1.29, 1.82) is 0 Å². The number of nitrogens with zero attached hydrogens (tertiary/aromatic N) is 3. The minimum Gasteiger partial charge on any atom is -0.497 e. The Kier molecular flexibility index (Phi) is 5.40. The van der Waals surface area contributed by atoms with E-state index in [-0.39, 0.29) is 11.8 Å². The molecule has 1 aliphatic heterocycles. The van der Waals surface area contributed by atoms with Crippen LogP contribution in [0.15, 0.2) is 34.6 Å². The second-order valence-electron chi connectivity index (χ2n) is 5.35. The molecule has 3 rings (SSSR count). The number of carbonyl (C=O) groups excluding carboxylic acids is 2. The van der Waals surface area contributed by atoms with Crippen molar-refractivity contribution in [3.63, 3.8) is 0 Å². The van der Waals surface area contributed by atoms with E-state index in [0.29, 0.717) is 31.5 Å². The lowest BCUT2D eigenvalue weighted by Crippen LogP contribution is -2.22. The van der Waals surface area contributed by atoms with Gasteiger partial charge in [0.05, 0.1) is 23.4 Å². The Morgan fingerprint density at radius 1 is 1.35 bits per heavy atom. The van der Waals surface area contributed by atoms with Gasteiger partial charge in [-0.15, -0.1) is 11.3 Å². The molecule has 0 bridgehead atoms. The molecule has 9 heteroatoms. The van der Waals surface area contributed by atoms with Gasteiger partial charge in [-0.3, -0.25) is 19.4 Å². The maximum atomic E-state index is 12.2. The number of methoxy groups -OCH3 is 1. The fourth-order valence-electron chi connectivity index (χ4n) is 2.28. The largest absolute Gasteiger partial charge is 0.497 e. The number of hydrogen-bond acceptors (Lipinski definition) is 7. The monoisotopic (exact) mass is 405 g/mol. The van der Waals surface area contributed by atoms with Gasteiger partial charge in [0.25, 0.3) is 5.91 Å². The molecular formula is C17H15N3O3S3. The van der Waals surface area contributed by atoms with Crippen LogP contribution in [-0.4, -0.2) is 40.2 Å². The molecule has 1 aromatic carbocycles. The Morgan fingerprint density at radius 2 is 2.04 bits per heavy atom. The third kappa shape index (κ3) is 3.64. The molecule has 0 radical (unpaired) electrons. The lowest BCUT2D eigenvalue weighted by molar-refractivity contribution is -0.121. The van der Waals surface area contributed by atoms with Crippen LogP contribution >= 0.6 is 35.3 Å². The molecule has 26 heavy (non-hydrogen) atoms. The van der Waals surface area contributed by atoms with Crippen molar-refractivity contribution in [2.45, 2.75) is 6.92 Å². The highest BCUT2D eigenvalue weighted by Crippen LogP contribution is 2.34. The number of likely N-dealkylation sites (N-methyl/N-ethyl adjacent to an activating group) is 1. The van der Waals surface area contributed by atoms with E-state index >= 15 is 0 Å². The lowest BCUT2D eigenvalue weighted by atomic mass is 10.3. The number of rotatable bonds is 4. The average Bonchev–Trinajstić information content (AvgIpc) is 3.16. The van der Waals surface area contributed by atoms with Gasteiger partial charge in [-0.1, -0.05) is 24.0 Å². The van der Waals surface area contributed by atoms with Gasteiger partial charge >= 0.3 is 0 Å². The summed E-state index contributed by atoms with van der Waals surface area (Å²) in [5.74, 6) is 0.405. The van der Waals surface area contributed by atoms with Gasteiger partial charge < -0.3 is 4.74 Å². The number of carbonyl (C=O) groups is 2. The summed E-state index contributed by atoms with van der Waals surface area (Å²) in [6.45, 7) is 1.48. The van der Waals surface area contributed by atoms with E-state index in [1.54, 1.807) is 49.9 Å². The van der Waals surface area contributed by atoms with Crippen LogP contribution in [0.4, 0.5) is 10.8 Å². The molecule has 6 nitrogen and oxygen atoms in total. The van der Waals surface area contributed by atoms with E-state index < -0.39 is 0 Å². The highest BCUT2D eigenvalue weighted by atomic mass is 32.2. The zero-order valence-corrected chi connectivity index (χ0v) is 16.7. The van der Waals surface area contributed by atoms with E-state index in [2.05, 4.69) is 4.98 Å². The smallest absolute Gasteiger partial charge is 0.265 e. The third-order valence-electron chi connectivity index (χ3n) is 3.61. The molecule has 0 aliphatic carbocycles. The summed E-state index contributed by atoms with van der Waals surface area (Å²) in [7, 11) is 3.23. The normalized spacial score (nSPS) is 15.7. The molecule has 134 valence electrons. The minimum atomic E-state index is -0.157.